The van der Waals surface area contributed by atoms with E-state index in [1.165, 1.54) is 5.56 Å². The fourth-order valence-electron chi connectivity index (χ4n) is 2.08. The summed E-state index contributed by atoms with van der Waals surface area (Å²) in [6.07, 6.45) is 0. The van der Waals surface area contributed by atoms with Crippen LogP contribution >= 0.6 is 22.9 Å². The Morgan fingerprint density at radius 1 is 1.33 bits per heavy atom. The number of carbonyl (C=O) groups is 1. The number of aryl methyl sites for hydroxylation is 1. The highest BCUT2D eigenvalue weighted by atomic mass is 35.5. The Morgan fingerprint density at radius 3 is 2.90 bits per heavy atom. The summed E-state index contributed by atoms with van der Waals surface area (Å²) in [6.45, 7) is 2.53. The molecular formula is C16H13ClN2OS. The van der Waals surface area contributed by atoms with E-state index in [9.17, 15) is 4.79 Å². The minimum Gasteiger partial charge on any atom is -0.347 e. The molecule has 0 fully saturated rings. The van der Waals surface area contributed by atoms with Crippen LogP contribution in [0, 0.1) is 6.92 Å². The molecule has 2 heterocycles. The van der Waals surface area contributed by atoms with Gasteiger partial charge in [0.05, 0.1) is 10.5 Å². The second-order valence-corrected chi connectivity index (χ2v) is 5.92. The number of thiophene rings is 1. The minimum absolute atomic E-state index is 0.215. The van der Waals surface area contributed by atoms with Gasteiger partial charge in [-0.15, -0.1) is 0 Å². The topological polar surface area (TPSA) is 42.0 Å². The number of nitrogens with zero attached hydrogens (tertiary/aromatic N) is 1. The van der Waals surface area contributed by atoms with Crippen molar-refractivity contribution >= 4 is 39.7 Å². The summed E-state index contributed by atoms with van der Waals surface area (Å²) in [5.74, 6) is -0.215. The van der Waals surface area contributed by atoms with Crippen LogP contribution in [0.1, 0.15) is 21.6 Å². The number of benzene rings is 1. The molecule has 1 N–H and O–H groups in total. The van der Waals surface area contributed by atoms with E-state index in [1.807, 2.05) is 36.6 Å². The number of para-hydroxylation sites is 1. The molecule has 3 nitrogen and oxygen atoms in total. The zero-order valence-corrected chi connectivity index (χ0v) is 13.0. The molecule has 5 heteroatoms. The zero-order chi connectivity index (χ0) is 14.8. The molecule has 0 saturated carbocycles. The lowest BCUT2D eigenvalue weighted by Gasteiger charge is -2.07. The average molecular weight is 317 g/mol. The van der Waals surface area contributed by atoms with Crippen LogP contribution in [0.15, 0.2) is 41.1 Å². The van der Waals surface area contributed by atoms with Crippen LogP contribution in [0.5, 0.6) is 0 Å². The summed E-state index contributed by atoms with van der Waals surface area (Å²) in [6, 6.07) is 9.12. The van der Waals surface area contributed by atoms with Crippen molar-refractivity contribution in [3.05, 3.63) is 62.9 Å². The number of fused-ring (bicyclic) bond motifs is 1. The molecule has 0 aliphatic heterocycles. The Balaban J connectivity index is 1.83. The largest absolute Gasteiger partial charge is 0.347 e. The number of nitrogens with one attached hydrogen (secondary N) is 1. The Morgan fingerprint density at radius 2 is 2.14 bits per heavy atom. The second kappa shape index (κ2) is 5.84. The molecule has 0 unspecified atom stereocenters. The van der Waals surface area contributed by atoms with Crippen LogP contribution in [0.4, 0.5) is 0 Å². The monoisotopic (exact) mass is 316 g/mol. The van der Waals surface area contributed by atoms with Crippen LogP contribution in [-0.4, -0.2) is 10.9 Å². The number of halogens is 1. The number of amides is 1. The van der Waals surface area contributed by atoms with E-state index in [0.717, 1.165) is 16.5 Å². The van der Waals surface area contributed by atoms with Crippen molar-refractivity contribution in [2.75, 3.05) is 0 Å². The number of hydrogen-bond acceptors (Lipinski definition) is 3. The molecular weight excluding hydrogens is 304 g/mol. The van der Waals surface area contributed by atoms with Crippen molar-refractivity contribution in [3.63, 3.8) is 0 Å². The van der Waals surface area contributed by atoms with Crippen LogP contribution < -0.4 is 5.32 Å². The van der Waals surface area contributed by atoms with Crippen molar-refractivity contribution in [3.8, 4) is 0 Å². The molecule has 1 aromatic carbocycles. The highest BCUT2D eigenvalue weighted by Gasteiger charge is 2.11. The van der Waals surface area contributed by atoms with Gasteiger partial charge in [0.15, 0.2) is 0 Å². The van der Waals surface area contributed by atoms with E-state index < -0.39 is 0 Å². The Bertz CT molecular complexity index is 813. The van der Waals surface area contributed by atoms with Crippen LogP contribution in [0.25, 0.3) is 10.9 Å². The number of hydrogen-bond donors (Lipinski definition) is 1. The van der Waals surface area contributed by atoms with Gasteiger partial charge in [0.1, 0.15) is 5.69 Å². The van der Waals surface area contributed by atoms with E-state index in [1.54, 1.807) is 17.4 Å². The van der Waals surface area contributed by atoms with Gasteiger partial charge >= 0.3 is 0 Å². The highest BCUT2D eigenvalue weighted by molar-refractivity contribution is 7.08. The highest BCUT2D eigenvalue weighted by Crippen LogP contribution is 2.22. The maximum Gasteiger partial charge on any atom is 0.270 e. The first kappa shape index (κ1) is 14.0. The van der Waals surface area contributed by atoms with Gasteiger partial charge in [-0.1, -0.05) is 29.8 Å². The smallest absolute Gasteiger partial charge is 0.270 e. The summed E-state index contributed by atoms with van der Waals surface area (Å²) in [5.41, 5.74) is 3.37. The first-order chi connectivity index (χ1) is 10.1. The van der Waals surface area contributed by atoms with Crippen molar-refractivity contribution < 1.29 is 4.79 Å². The standard InChI is InChI=1S/C16H13ClN2OS/c1-10-8-21-9-11(10)7-18-16(20)15-6-13(17)12-4-2-3-5-14(12)19-15/h2-6,8-9H,7H2,1H3,(H,18,20). The molecule has 0 aliphatic carbocycles. The predicted molar refractivity (Wildman–Crippen MR) is 87.0 cm³/mol. The van der Waals surface area contributed by atoms with Crippen LogP contribution in [-0.2, 0) is 6.54 Å². The molecule has 0 spiro atoms. The Kier molecular flexibility index (Phi) is 3.90. The van der Waals surface area contributed by atoms with E-state index >= 15 is 0 Å². The lowest BCUT2D eigenvalue weighted by molar-refractivity contribution is 0.0946. The second-order valence-electron chi connectivity index (χ2n) is 4.77. The van der Waals surface area contributed by atoms with Gasteiger partial charge in [0, 0.05) is 11.9 Å². The predicted octanol–water partition coefficient (Wildman–Crippen LogP) is 4.19. The fourth-order valence-corrected chi connectivity index (χ4v) is 3.20. The third kappa shape index (κ3) is 2.91. The van der Waals surface area contributed by atoms with Crippen LogP contribution in [0.3, 0.4) is 0 Å². The molecule has 3 rings (SSSR count). The maximum absolute atomic E-state index is 12.2. The maximum atomic E-state index is 12.2. The third-order valence-corrected chi connectivity index (χ3v) is 4.52. The molecule has 21 heavy (non-hydrogen) atoms. The number of rotatable bonds is 3. The third-order valence-electron chi connectivity index (χ3n) is 3.30. The van der Waals surface area contributed by atoms with Gasteiger partial charge in [-0.3, -0.25) is 4.79 Å². The first-order valence-electron chi connectivity index (χ1n) is 6.50. The molecule has 106 valence electrons. The van der Waals surface area contributed by atoms with Gasteiger partial charge in [0.2, 0.25) is 0 Å². The van der Waals surface area contributed by atoms with Crippen molar-refractivity contribution in [1.29, 1.82) is 0 Å². The summed E-state index contributed by atoms with van der Waals surface area (Å²) in [4.78, 5) is 16.6. The van der Waals surface area contributed by atoms with E-state index in [2.05, 4.69) is 15.7 Å². The van der Waals surface area contributed by atoms with E-state index in [4.69, 9.17) is 11.6 Å². The number of aromatic nitrogens is 1. The summed E-state index contributed by atoms with van der Waals surface area (Å²) in [5, 5.41) is 8.37. The first-order valence-corrected chi connectivity index (χ1v) is 7.82. The quantitative estimate of drug-likeness (QED) is 0.787. The molecule has 0 atom stereocenters. The summed E-state index contributed by atoms with van der Waals surface area (Å²) >= 11 is 7.84. The summed E-state index contributed by atoms with van der Waals surface area (Å²) in [7, 11) is 0. The van der Waals surface area contributed by atoms with Crippen molar-refractivity contribution in [2.45, 2.75) is 13.5 Å². The Hall–Kier alpha value is -1.91. The Labute approximate surface area is 131 Å². The summed E-state index contributed by atoms with van der Waals surface area (Å²) < 4.78 is 0. The molecule has 0 saturated heterocycles. The fraction of sp³-hybridized carbons (Fsp3) is 0.125. The average Bonchev–Trinajstić information content (AvgIpc) is 2.90. The van der Waals surface area contributed by atoms with Crippen LogP contribution in [0.2, 0.25) is 5.02 Å². The van der Waals surface area contributed by atoms with Gasteiger partial charge < -0.3 is 5.32 Å². The van der Waals surface area contributed by atoms with Crippen molar-refractivity contribution in [2.24, 2.45) is 0 Å². The van der Waals surface area contributed by atoms with Gasteiger partial charge in [-0.05, 0) is 40.9 Å². The van der Waals surface area contributed by atoms with E-state index in [-0.39, 0.29) is 5.91 Å². The molecule has 1 amide bonds. The lowest BCUT2D eigenvalue weighted by atomic mass is 10.2. The lowest BCUT2D eigenvalue weighted by Crippen LogP contribution is -2.23. The number of pyridine rings is 1. The van der Waals surface area contributed by atoms with Gasteiger partial charge in [-0.25, -0.2) is 4.98 Å². The van der Waals surface area contributed by atoms with Gasteiger partial charge in [0.25, 0.3) is 5.91 Å². The number of carbonyl (C=O) groups excluding carboxylic acids is 1. The normalized spacial score (nSPS) is 10.8. The molecule has 2 aromatic heterocycles. The van der Waals surface area contributed by atoms with Crippen molar-refractivity contribution in [1.82, 2.24) is 10.3 Å². The molecule has 0 radical (unpaired) electrons. The minimum atomic E-state index is -0.215. The van der Waals surface area contributed by atoms with Gasteiger partial charge in [-0.2, -0.15) is 11.3 Å². The SMILES string of the molecule is Cc1cscc1CNC(=O)c1cc(Cl)c2ccccc2n1. The molecule has 0 bridgehead atoms. The molecule has 0 aliphatic rings. The zero-order valence-electron chi connectivity index (χ0n) is 11.4. The van der Waals surface area contributed by atoms with E-state index in [0.29, 0.717) is 17.3 Å². The molecule has 3 aromatic rings.